The second-order valence-electron chi connectivity index (χ2n) is 9.12. The average molecular weight is 475 g/mol. The van der Waals surface area contributed by atoms with E-state index in [0.29, 0.717) is 41.9 Å². The Morgan fingerprint density at radius 3 is 2.71 bits per heavy atom. The van der Waals surface area contributed by atoms with Crippen molar-refractivity contribution in [3.63, 3.8) is 0 Å². The van der Waals surface area contributed by atoms with Crippen molar-refractivity contribution in [1.82, 2.24) is 19.7 Å². The molecule has 1 aromatic carbocycles. The largest absolute Gasteiger partial charge is 0.396 e. The van der Waals surface area contributed by atoms with E-state index in [4.69, 9.17) is 20.8 Å². The van der Waals surface area contributed by atoms with Gasteiger partial charge in [0.1, 0.15) is 23.3 Å². The number of anilines is 3. The molecule has 1 unspecified atom stereocenters. The van der Waals surface area contributed by atoms with Crippen LogP contribution in [0.5, 0.6) is 0 Å². The van der Waals surface area contributed by atoms with Crippen LogP contribution >= 0.6 is 0 Å². The minimum Gasteiger partial charge on any atom is -0.396 e. The van der Waals surface area contributed by atoms with Crippen LogP contribution in [-0.4, -0.2) is 44.6 Å². The molecule has 9 heteroatoms. The lowest BCUT2D eigenvalue weighted by atomic mass is 9.88. The van der Waals surface area contributed by atoms with Crippen molar-refractivity contribution < 1.29 is 5.11 Å². The van der Waals surface area contributed by atoms with Gasteiger partial charge in [0.25, 0.3) is 0 Å². The molecule has 0 saturated carbocycles. The van der Waals surface area contributed by atoms with E-state index in [0.717, 1.165) is 62.3 Å². The summed E-state index contributed by atoms with van der Waals surface area (Å²) in [5.41, 5.74) is 10.5. The Bertz CT molecular complexity index is 1170. The first-order valence-electron chi connectivity index (χ1n) is 12.4. The first kappa shape index (κ1) is 24.5. The van der Waals surface area contributed by atoms with Crippen molar-refractivity contribution in [3.8, 4) is 11.8 Å². The lowest BCUT2D eigenvalue weighted by Crippen LogP contribution is -2.19. The minimum atomic E-state index is 0.194. The van der Waals surface area contributed by atoms with Crippen molar-refractivity contribution in [2.75, 3.05) is 36.1 Å². The van der Waals surface area contributed by atoms with E-state index in [1.54, 1.807) is 4.68 Å². The van der Waals surface area contributed by atoms with Crippen molar-refractivity contribution in [1.29, 1.82) is 5.26 Å². The third-order valence-electron chi connectivity index (χ3n) is 6.38. The number of hydrogen-bond donors (Lipinski definition) is 4. The van der Waals surface area contributed by atoms with Gasteiger partial charge in [-0.1, -0.05) is 25.1 Å². The van der Waals surface area contributed by atoms with E-state index in [-0.39, 0.29) is 6.61 Å². The molecule has 0 spiro atoms. The Labute approximate surface area is 206 Å². The topological polar surface area (TPSA) is 138 Å². The molecule has 5 N–H and O–H groups in total. The minimum absolute atomic E-state index is 0.194. The Kier molecular flexibility index (Phi) is 8.16. The molecule has 2 heterocycles. The molecule has 3 aromatic rings. The summed E-state index contributed by atoms with van der Waals surface area (Å²) < 4.78 is 1.64. The highest BCUT2D eigenvalue weighted by Crippen LogP contribution is 2.29. The van der Waals surface area contributed by atoms with Gasteiger partial charge in [0.15, 0.2) is 0 Å². The summed E-state index contributed by atoms with van der Waals surface area (Å²) in [4.78, 5) is 9.53. The van der Waals surface area contributed by atoms with Crippen LogP contribution in [0.4, 0.5) is 17.6 Å². The number of para-hydroxylation sites is 1. The molecule has 1 aliphatic rings. The molecule has 9 nitrogen and oxygen atoms in total. The molecule has 0 bridgehead atoms. The van der Waals surface area contributed by atoms with E-state index in [2.05, 4.69) is 28.7 Å². The third-order valence-corrected chi connectivity index (χ3v) is 6.38. The van der Waals surface area contributed by atoms with Crippen LogP contribution in [-0.2, 0) is 19.3 Å². The molecule has 35 heavy (non-hydrogen) atoms. The summed E-state index contributed by atoms with van der Waals surface area (Å²) in [6.45, 7) is 3.89. The number of nitriles is 1. The number of aryl methyl sites for hydroxylation is 1. The van der Waals surface area contributed by atoms with Crippen LogP contribution in [0.25, 0.3) is 5.69 Å². The molecule has 1 aliphatic carbocycles. The number of benzene rings is 1. The van der Waals surface area contributed by atoms with Crippen LogP contribution < -0.4 is 16.4 Å². The summed E-state index contributed by atoms with van der Waals surface area (Å²) in [5, 5.41) is 30.1. The van der Waals surface area contributed by atoms with Crippen molar-refractivity contribution >= 4 is 17.6 Å². The van der Waals surface area contributed by atoms with Crippen LogP contribution in [0.1, 0.15) is 55.1 Å². The quantitative estimate of drug-likeness (QED) is 0.310. The summed E-state index contributed by atoms with van der Waals surface area (Å²) in [7, 11) is 0. The standard InChI is InChI=1S/C26H34N8O/c1-18-11-12-20-23(16-18)31-26(30-13-5-6-15-35)32-25(20)29-14-7-10-22-21(17-27)24(28)34(33-22)19-8-3-2-4-9-19/h2-4,8-9,18,35H,5-7,10-16,28H2,1H3,(H2,29,30,31,32). The van der Waals surface area contributed by atoms with Crippen molar-refractivity contribution in [2.45, 2.75) is 51.9 Å². The molecule has 0 aliphatic heterocycles. The van der Waals surface area contributed by atoms with Gasteiger partial charge in [-0.15, -0.1) is 0 Å². The maximum Gasteiger partial charge on any atom is 0.224 e. The van der Waals surface area contributed by atoms with Crippen LogP contribution in [0, 0.1) is 17.2 Å². The molecule has 2 aromatic heterocycles. The second kappa shape index (κ2) is 11.7. The van der Waals surface area contributed by atoms with Crippen molar-refractivity contribution in [2.24, 2.45) is 5.92 Å². The number of unbranched alkanes of at least 4 members (excludes halogenated alkanes) is 1. The van der Waals surface area contributed by atoms with Crippen LogP contribution in [0.2, 0.25) is 0 Å². The number of aliphatic hydroxyl groups excluding tert-OH is 1. The molecular formula is C26H34N8O. The fourth-order valence-corrected chi connectivity index (χ4v) is 4.45. The second-order valence-corrected chi connectivity index (χ2v) is 9.12. The number of hydrogen-bond acceptors (Lipinski definition) is 8. The van der Waals surface area contributed by atoms with Gasteiger partial charge >= 0.3 is 0 Å². The summed E-state index contributed by atoms with van der Waals surface area (Å²) >= 11 is 0. The smallest absolute Gasteiger partial charge is 0.224 e. The molecule has 184 valence electrons. The lowest BCUT2D eigenvalue weighted by Gasteiger charge is -2.24. The van der Waals surface area contributed by atoms with Gasteiger partial charge in [-0.25, -0.2) is 9.67 Å². The number of aromatic nitrogens is 4. The van der Waals surface area contributed by atoms with Crippen molar-refractivity contribution in [3.05, 3.63) is 52.8 Å². The average Bonchev–Trinajstić information content (AvgIpc) is 3.19. The number of aliphatic hydroxyl groups is 1. The number of fused-ring (bicyclic) bond motifs is 1. The number of nitrogens with two attached hydrogens (primary N) is 1. The van der Waals surface area contributed by atoms with Gasteiger partial charge in [0, 0.05) is 25.3 Å². The molecular weight excluding hydrogens is 440 g/mol. The molecule has 0 amide bonds. The van der Waals surface area contributed by atoms with Gasteiger partial charge in [-0.05, 0) is 63.0 Å². The maximum absolute atomic E-state index is 9.65. The first-order chi connectivity index (χ1) is 17.1. The zero-order valence-electron chi connectivity index (χ0n) is 20.3. The van der Waals surface area contributed by atoms with Gasteiger partial charge in [-0.3, -0.25) is 0 Å². The van der Waals surface area contributed by atoms with Gasteiger partial charge in [0.2, 0.25) is 5.95 Å². The van der Waals surface area contributed by atoms with Gasteiger partial charge in [-0.2, -0.15) is 15.3 Å². The fourth-order valence-electron chi connectivity index (χ4n) is 4.45. The summed E-state index contributed by atoms with van der Waals surface area (Å²) in [6, 6.07) is 11.8. The molecule has 4 rings (SSSR count). The van der Waals surface area contributed by atoms with Crippen LogP contribution in [0.15, 0.2) is 30.3 Å². The Morgan fingerprint density at radius 2 is 1.94 bits per heavy atom. The normalized spacial score (nSPS) is 14.8. The highest BCUT2D eigenvalue weighted by atomic mass is 16.2. The van der Waals surface area contributed by atoms with Gasteiger partial charge < -0.3 is 21.5 Å². The summed E-state index contributed by atoms with van der Waals surface area (Å²) in [6.07, 6.45) is 6.12. The monoisotopic (exact) mass is 474 g/mol. The van der Waals surface area contributed by atoms with E-state index < -0.39 is 0 Å². The highest BCUT2D eigenvalue weighted by molar-refractivity contribution is 5.56. The van der Waals surface area contributed by atoms with Gasteiger partial charge in [0.05, 0.1) is 17.1 Å². The number of nitrogens with one attached hydrogen (secondary N) is 2. The molecule has 1 atom stereocenters. The summed E-state index contributed by atoms with van der Waals surface area (Å²) in [5.74, 6) is 2.51. The van der Waals surface area contributed by atoms with E-state index >= 15 is 0 Å². The first-order valence-corrected chi connectivity index (χ1v) is 12.4. The number of rotatable bonds is 11. The lowest BCUT2D eigenvalue weighted by molar-refractivity contribution is 0.286. The zero-order chi connectivity index (χ0) is 24.6. The maximum atomic E-state index is 9.65. The Hall–Kier alpha value is -3.64. The fraction of sp³-hybridized carbons (Fsp3) is 0.462. The predicted molar refractivity (Wildman–Crippen MR) is 138 cm³/mol. The number of nitrogens with zero attached hydrogens (tertiary/aromatic N) is 5. The van der Waals surface area contributed by atoms with Crippen LogP contribution in [0.3, 0.4) is 0 Å². The highest BCUT2D eigenvalue weighted by Gasteiger charge is 2.22. The van der Waals surface area contributed by atoms with E-state index in [9.17, 15) is 5.26 Å². The number of nitrogen functional groups attached to an aromatic ring is 1. The molecule has 0 saturated heterocycles. The molecule has 0 fully saturated rings. The Balaban J connectivity index is 1.43. The molecule has 0 radical (unpaired) electrons. The van der Waals surface area contributed by atoms with E-state index in [1.165, 1.54) is 5.56 Å². The third kappa shape index (κ3) is 5.89. The zero-order valence-corrected chi connectivity index (χ0v) is 20.3. The van der Waals surface area contributed by atoms with E-state index in [1.807, 2.05) is 30.3 Å². The predicted octanol–water partition coefficient (Wildman–Crippen LogP) is 3.47. The Morgan fingerprint density at radius 1 is 1.14 bits per heavy atom. The SMILES string of the molecule is CC1CCc2c(nc(NCCCCO)nc2NCCCc2nn(-c3ccccc3)c(N)c2C#N)C1.